The number of nitrogens with two attached hydrogens (primary N) is 1. The smallest absolute Gasteiger partial charge is 0.0862 e. The number of nitrogen functional groups attached to an aromatic ring is 1. The molecule has 1 unspecified atom stereocenters. The highest BCUT2D eigenvalue weighted by atomic mass is 16.3. The van der Waals surface area contributed by atoms with Crippen LogP contribution < -0.4 is 5.73 Å². The van der Waals surface area contributed by atoms with Gasteiger partial charge in [-0.2, -0.15) is 5.10 Å². The lowest BCUT2D eigenvalue weighted by atomic mass is 9.85. The summed E-state index contributed by atoms with van der Waals surface area (Å²) < 4.78 is 1.71. The molecule has 5 nitrogen and oxygen atoms in total. The largest absolute Gasteiger partial charge is 0.396 e. The van der Waals surface area contributed by atoms with E-state index >= 15 is 0 Å². The number of likely N-dealkylation sites (tertiary alicyclic amines) is 1. The van der Waals surface area contributed by atoms with E-state index in [0.29, 0.717) is 17.6 Å². The van der Waals surface area contributed by atoms with Gasteiger partial charge in [0.15, 0.2) is 0 Å². The highest BCUT2D eigenvalue weighted by Gasteiger charge is 2.24. The summed E-state index contributed by atoms with van der Waals surface area (Å²) in [6, 6.07) is 0. The molecule has 1 aliphatic heterocycles. The average molecular weight is 266 g/mol. The minimum atomic E-state index is -0.388. The molecule has 1 aromatic rings. The molecule has 0 bridgehead atoms. The summed E-state index contributed by atoms with van der Waals surface area (Å²) >= 11 is 0. The number of aliphatic hydroxyl groups excluding tert-OH is 1. The van der Waals surface area contributed by atoms with E-state index in [1.54, 1.807) is 17.1 Å². The van der Waals surface area contributed by atoms with Gasteiger partial charge in [-0.15, -0.1) is 0 Å². The maximum absolute atomic E-state index is 10.1. The molecule has 1 fully saturated rings. The van der Waals surface area contributed by atoms with Gasteiger partial charge in [0.05, 0.1) is 24.5 Å². The number of hydrogen-bond donors (Lipinski definition) is 2. The van der Waals surface area contributed by atoms with Gasteiger partial charge in [-0.3, -0.25) is 4.68 Å². The van der Waals surface area contributed by atoms with Gasteiger partial charge < -0.3 is 15.7 Å². The molecule has 0 spiro atoms. The van der Waals surface area contributed by atoms with Gasteiger partial charge in [0.1, 0.15) is 0 Å². The van der Waals surface area contributed by atoms with E-state index in [-0.39, 0.29) is 6.10 Å². The van der Waals surface area contributed by atoms with Crippen molar-refractivity contribution in [2.24, 2.45) is 5.41 Å². The third-order valence-corrected chi connectivity index (χ3v) is 3.95. The summed E-state index contributed by atoms with van der Waals surface area (Å²) in [5, 5.41) is 14.2. The van der Waals surface area contributed by atoms with E-state index in [9.17, 15) is 5.11 Å². The van der Waals surface area contributed by atoms with Gasteiger partial charge in [0.25, 0.3) is 0 Å². The Morgan fingerprint density at radius 2 is 2.16 bits per heavy atom. The maximum Gasteiger partial charge on any atom is 0.0862 e. The van der Waals surface area contributed by atoms with Gasteiger partial charge in [-0.1, -0.05) is 13.8 Å². The number of aliphatic hydroxyl groups is 1. The second-order valence-electron chi connectivity index (χ2n) is 6.47. The van der Waals surface area contributed by atoms with Crippen LogP contribution in [0.25, 0.3) is 0 Å². The molecule has 3 N–H and O–H groups in total. The number of aromatic nitrogens is 2. The van der Waals surface area contributed by atoms with Crippen LogP contribution in [-0.4, -0.2) is 45.5 Å². The van der Waals surface area contributed by atoms with E-state index in [0.717, 1.165) is 19.6 Å². The number of β-amino-alcohol motifs (C(OH)–C–C–N with tert-alkyl or cyclic N) is 1. The van der Waals surface area contributed by atoms with Crippen molar-refractivity contribution in [2.75, 3.05) is 25.4 Å². The lowest BCUT2D eigenvalue weighted by Crippen LogP contribution is -2.35. The Kier molecular flexibility index (Phi) is 4.47. The first-order chi connectivity index (χ1) is 8.94. The van der Waals surface area contributed by atoms with E-state index < -0.39 is 0 Å². The fourth-order valence-corrected chi connectivity index (χ4v) is 2.71. The van der Waals surface area contributed by atoms with Gasteiger partial charge in [-0.25, -0.2) is 0 Å². The van der Waals surface area contributed by atoms with Crippen molar-refractivity contribution in [3.05, 3.63) is 12.4 Å². The lowest BCUT2D eigenvalue weighted by Gasteiger charge is -2.25. The van der Waals surface area contributed by atoms with E-state index in [4.69, 9.17) is 5.73 Å². The van der Waals surface area contributed by atoms with Crippen molar-refractivity contribution in [3.63, 3.8) is 0 Å². The summed E-state index contributed by atoms with van der Waals surface area (Å²) in [6.45, 7) is 8.05. The Hall–Kier alpha value is -1.07. The molecule has 1 atom stereocenters. The lowest BCUT2D eigenvalue weighted by molar-refractivity contribution is 0.0950. The normalized spacial score (nSPS) is 22.1. The first-order valence-electron chi connectivity index (χ1n) is 7.13. The molecule has 0 aromatic carbocycles. The highest BCUT2D eigenvalue weighted by Crippen LogP contribution is 2.29. The zero-order valence-electron chi connectivity index (χ0n) is 12.0. The molecule has 108 valence electrons. The van der Waals surface area contributed by atoms with Gasteiger partial charge in [0.2, 0.25) is 0 Å². The third kappa shape index (κ3) is 4.51. The quantitative estimate of drug-likeness (QED) is 0.863. The molecule has 19 heavy (non-hydrogen) atoms. The molecule has 0 radical (unpaired) electrons. The predicted molar refractivity (Wildman–Crippen MR) is 76.7 cm³/mol. The zero-order valence-corrected chi connectivity index (χ0v) is 12.0. The highest BCUT2D eigenvalue weighted by molar-refractivity contribution is 5.30. The van der Waals surface area contributed by atoms with Crippen molar-refractivity contribution in [3.8, 4) is 0 Å². The van der Waals surface area contributed by atoms with E-state index in [1.165, 1.54) is 19.3 Å². The molecule has 5 heteroatoms. The molecular formula is C14H26N4O. The minimum Gasteiger partial charge on any atom is -0.396 e. The molecular weight excluding hydrogens is 240 g/mol. The Balaban J connectivity index is 1.80. The molecule has 2 heterocycles. The van der Waals surface area contributed by atoms with Crippen LogP contribution in [0.1, 0.15) is 33.1 Å². The van der Waals surface area contributed by atoms with E-state index in [2.05, 4.69) is 23.8 Å². The first kappa shape index (κ1) is 14.3. The second kappa shape index (κ2) is 5.92. The molecule has 0 amide bonds. The molecule has 1 saturated heterocycles. The van der Waals surface area contributed by atoms with Crippen LogP contribution in [0.5, 0.6) is 0 Å². The second-order valence-corrected chi connectivity index (χ2v) is 6.47. The maximum atomic E-state index is 10.1. The minimum absolute atomic E-state index is 0.388. The summed E-state index contributed by atoms with van der Waals surface area (Å²) in [4.78, 5) is 2.37. The predicted octanol–water partition coefficient (Wildman–Crippen LogP) is 1.34. The van der Waals surface area contributed by atoms with Crippen molar-refractivity contribution in [2.45, 2.75) is 45.8 Å². The molecule has 1 aliphatic rings. The van der Waals surface area contributed by atoms with Crippen LogP contribution in [0.15, 0.2) is 12.4 Å². The van der Waals surface area contributed by atoms with Crippen LogP contribution in [0.2, 0.25) is 0 Å². The van der Waals surface area contributed by atoms with Crippen molar-refractivity contribution >= 4 is 5.69 Å². The van der Waals surface area contributed by atoms with Crippen molar-refractivity contribution < 1.29 is 5.11 Å². The first-order valence-corrected chi connectivity index (χ1v) is 7.13. The summed E-state index contributed by atoms with van der Waals surface area (Å²) in [5.41, 5.74) is 6.70. The average Bonchev–Trinajstić information content (AvgIpc) is 2.63. The summed E-state index contributed by atoms with van der Waals surface area (Å²) in [6.07, 6.45) is 6.68. The number of anilines is 1. The molecule has 1 aromatic heterocycles. The van der Waals surface area contributed by atoms with Gasteiger partial charge >= 0.3 is 0 Å². The topological polar surface area (TPSA) is 67.3 Å². The van der Waals surface area contributed by atoms with Crippen LogP contribution in [-0.2, 0) is 6.54 Å². The Morgan fingerprint density at radius 3 is 2.84 bits per heavy atom. The van der Waals surface area contributed by atoms with Crippen LogP contribution >= 0.6 is 0 Å². The number of hydrogen-bond acceptors (Lipinski definition) is 4. The molecule has 0 saturated carbocycles. The number of rotatable bonds is 4. The Bertz CT molecular complexity index is 402. The Morgan fingerprint density at radius 1 is 1.37 bits per heavy atom. The molecule has 2 rings (SSSR count). The molecule has 0 aliphatic carbocycles. The monoisotopic (exact) mass is 266 g/mol. The van der Waals surface area contributed by atoms with Crippen molar-refractivity contribution in [1.29, 1.82) is 0 Å². The van der Waals surface area contributed by atoms with Crippen LogP contribution in [0.4, 0.5) is 5.69 Å². The van der Waals surface area contributed by atoms with Crippen LogP contribution in [0, 0.1) is 5.41 Å². The van der Waals surface area contributed by atoms with Gasteiger partial charge in [-0.05, 0) is 37.8 Å². The third-order valence-electron chi connectivity index (χ3n) is 3.95. The standard InChI is InChI=1S/C14H26N4O/c1-14(2)4-3-6-17(7-5-14)10-13(19)11-18-9-12(15)8-16-18/h8-9,13,19H,3-7,10-11,15H2,1-2H3. The Labute approximate surface area is 115 Å². The van der Waals surface area contributed by atoms with E-state index in [1.807, 2.05) is 0 Å². The van der Waals surface area contributed by atoms with Crippen molar-refractivity contribution in [1.82, 2.24) is 14.7 Å². The zero-order chi connectivity index (χ0) is 13.9. The fraction of sp³-hybridized carbons (Fsp3) is 0.786. The summed E-state index contributed by atoms with van der Waals surface area (Å²) in [5.74, 6) is 0. The van der Waals surface area contributed by atoms with Gasteiger partial charge in [0, 0.05) is 12.7 Å². The summed E-state index contributed by atoms with van der Waals surface area (Å²) in [7, 11) is 0. The number of nitrogens with zero attached hydrogens (tertiary/aromatic N) is 3. The fourth-order valence-electron chi connectivity index (χ4n) is 2.71. The van der Waals surface area contributed by atoms with Crippen LogP contribution in [0.3, 0.4) is 0 Å². The SMILES string of the molecule is CC1(C)CCCN(CC(O)Cn2cc(N)cn2)CC1.